The van der Waals surface area contributed by atoms with E-state index in [1.807, 2.05) is 19.1 Å². The Labute approximate surface area is 185 Å². The second-order valence-corrected chi connectivity index (χ2v) is 8.47. The fraction of sp³-hybridized carbons (Fsp3) is 0.200. The van der Waals surface area contributed by atoms with Crippen molar-refractivity contribution in [1.82, 2.24) is 19.9 Å². The second kappa shape index (κ2) is 10.0. The monoisotopic (exact) mass is 457 g/mol. The lowest BCUT2D eigenvalue weighted by Gasteiger charge is -2.11. The van der Waals surface area contributed by atoms with Gasteiger partial charge in [-0.05, 0) is 48.9 Å². The first-order chi connectivity index (χ1) is 15.3. The Kier molecular flexibility index (Phi) is 7.18. The van der Waals surface area contributed by atoms with Crippen molar-refractivity contribution in [2.45, 2.75) is 11.8 Å². The molecule has 5 N–H and O–H groups in total. The van der Waals surface area contributed by atoms with Crippen molar-refractivity contribution in [2.24, 2.45) is 5.73 Å². The predicted octanol–water partition coefficient (Wildman–Crippen LogP) is 1.42. The van der Waals surface area contributed by atoms with Gasteiger partial charge < -0.3 is 21.1 Å². The van der Waals surface area contributed by atoms with E-state index >= 15 is 0 Å². The number of anilines is 3. The maximum absolute atomic E-state index is 12.5. The zero-order valence-corrected chi connectivity index (χ0v) is 18.3. The highest BCUT2D eigenvalue weighted by Crippen LogP contribution is 2.22. The molecule has 0 aliphatic rings. The third kappa shape index (κ3) is 5.89. The lowest BCUT2D eigenvalue weighted by atomic mass is 10.2. The van der Waals surface area contributed by atoms with Crippen molar-refractivity contribution in [2.75, 3.05) is 30.8 Å². The molecule has 0 unspecified atom stereocenters. The number of sulfonamides is 1. The first kappa shape index (κ1) is 22.9. The Balaban J connectivity index is 1.52. The van der Waals surface area contributed by atoms with Gasteiger partial charge in [-0.15, -0.1) is 10.2 Å². The van der Waals surface area contributed by atoms with E-state index in [1.54, 1.807) is 18.3 Å². The second-order valence-electron chi connectivity index (χ2n) is 6.70. The van der Waals surface area contributed by atoms with E-state index in [0.29, 0.717) is 17.5 Å². The molecular formula is C20H23N7O4S. The van der Waals surface area contributed by atoms with Gasteiger partial charge in [0.15, 0.2) is 5.82 Å². The molecule has 1 aromatic carbocycles. The van der Waals surface area contributed by atoms with Gasteiger partial charge in [0.25, 0.3) is 5.91 Å². The number of nitrogens with zero attached hydrogens (tertiary/aromatic N) is 3. The fourth-order valence-corrected chi connectivity index (χ4v) is 3.73. The van der Waals surface area contributed by atoms with Gasteiger partial charge in [0.1, 0.15) is 17.4 Å². The molecule has 0 radical (unpaired) electrons. The molecule has 168 valence electrons. The smallest absolute Gasteiger partial charge is 0.252 e. The average molecular weight is 458 g/mol. The van der Waals surface area contributed by atoms with E-state index in [9.17, 15) is 13.2 Å². The number of hydrogen-bond donors (Lipinski definition) is 4. The molecule has 0 aliphatic carbocycles. The zero-order chi connectivity index (χ0) is 23.1. The number of carbonyl (C=O) groups is 1. The quantitative estimate of drug-likeness (QED) is 0.330. The number of rotatable bonds is 10. The molecule has 3 rings (SSSR count). The van der Waals surface area contributed by atoms with Gasteiger partial charge in [-0.25, -0.2) is 18.1 Å². The van der Waals surface area contributed by atoms with Crippen LogP contribution in [0.5, 0.6) is 5.75 Å². The fourth-order valence-electron chi connectivity index (χ4n) is 2.67. The minimum absolute atomic E-state index is 0.0155. The third-order valence-electron chi connectivity index (χ3n) is 4.30. The summed E-state index contributed by atoms with van der Waals surface area (Å²) in [5.74, 6) is 1.07. The number of aryl methyl sites for hydroxylation is 1. The summed E-state index contributed by atoms with van der Waals surface area (Å²) in [7, 11) is -2.48. The number of methoxy groups -OCH3 is 1. The summed E-state index contributed by atoms with van der Waals surface area (Å²) in [4.78, 5) is 15.7. The van der Waals surface area contributed by atoms with E-state index in [4.69, 9.17) is 10.5 Å². The van der Waals surface area contributed by atoms with E-state index < -0.39 is 15.9 Å². The molecule has 2 heterocycles. The number of pyridine rings is 1. The van der Waals surface area contributed by atoms with Gasteiger partial charge in [-0.3, -0.25) is 4.79 Å². The normalized spacial score (nSPS) is 11.1. The average Bonchev–Trinajstić information content (AvgIpc) is 2.79. The molecule has 0 bridgehead atoms. The van der Waals surface area contributed by atoms with Crippen molar-refractivity contribution in [1.29, 1.82) is 0 Å². The van der Waals surface area contributed by atoms with Crippen LogP contribution < -0.4 is 25.8 Å². The number of carbonyl (C=O) groups excluding carboxylic acids is 1. The Bertz CT molecular complexity index is 1180. The minimum atomic E-state index is -3.85. The van der Waals surface area contributed by atoms with Gasteiger partial charge in [-0.1, -0.05) is 6.07 Å². The lowest BCUT2D eigenvalue weighted by molar-refractivity contribution is 0.0997. The highest BCUT2D eigenvalue weighted by Gasteiger charge is 2.18. The van der Waals surface area contributed by atoms with Gasteiger partial charge in [0, 0.05) is 19.3 Å². The number of amides is 1. The van der Waals surface area contributed by atoms with Crippen LogP contribution in [0.2, 0.25) is 0 Å². The predicted molar refractivity (Wildman–Crippen MR) is 119 cm³/mol. The van der Waals surface area contributed by atoms with Crippen LogP contribution >= 0.6 is 0 Å². The maximum atomic E-state index is 12.5. The topological polar surface area (TPSA) is 161 Å². The third-order valence-corrected chi connectivity index (χ3v) is 5.76. The Morgan fingerprint density at radius 3 is 2.38 bits per heavy atom. The SMILES string of the molecule is COc1ccc(S(=O)(=O)NCCNc2ccc(Nc3ccc(C)cn3)nn2)cc1C(N)=O. The standard InChI is InChI=1S/C20H23N7O4S/c1-13-3-6-17(23-12-13)25-19-8-7-18(26-27-19)22-9-10-24-32(29,30)14-4-5-16(31-2)15(11-14)20(21)28/h3-8,11-12,24H,9-10H2,1-2H3,(H2,21,28)(H,22,26)(H,23,25,27). The summed E-state index contributed by atoms with van der Waals surface area (Å²) in [6.45, 7) is 2.29. The Hall–Kier alpha value is -3.77. The molecule has 0 saturated carbocycles. The summed E-state index contributed by atoms with van der Waals surface area (Å²) >= 11 is 0. The molecule has 0 spiro atoms. The van der Waals surface area contributed by atoms with Gasteiger partial charge in [-0.2, -0.15) is 0 Å². The first-order valence-corrected chi connectivity index (χ1v) is 11.0. The number of aromatic nitrogens is 3. The Morgan fingerprint density at radius 1 is 1.03 bits per heavy atom. The van der Waals surface area contributed by atoms with E-state index in [1.165, 1.54) is 25.3 Å². The number of ether oxygens (including phenoxy) is 1. The van der Waals surface area contributed by atoms with Crippen LogP contribution in [0.4, 0.5) is 17.5 Å². The van der Waals surface area contributed by atoms with Crippen molar-refractivity contribution in [3.63, 3.8) is 0 Å². The number of hydrogen-bond acceptors (Lipinski definition) is 9. The Morgan fingerprint density at radius 2 is 1.75 bits per heavy atom. The molecule has 1 amide bonds. The maximum Gasteiger partial charge on any atom is 0.252 e. The molecule has 2 aromatic heterocycles. The summed E-state index contributed by atoms with van der Waals surface area (Å²) in [5.41, 5.74) is 6.32. The van der Waals surface area contributed by atoms with Crippen LogP contribution in [-0.2, 0) is 10.0 Å². The minimum Gasteiger partial charge on any atom is -0.496 e. The van der Waals surface area contributed by atoms with Crippen molar-refractivity contribution < 1.29 is 17.9 Å². The van der Waals surface area contributed by atoms with E-state index in [2.05, 4.69) is 30.5 Å². The first-order valence-electron chi connectivity index (χ1n) is 9.53. The van der Waals surface area contributed by atoms with Crippen molar-refractivity contribution in [3.05, 3.63) is 59.8 Å². The molecular weight excluding hydrogens is 434 g/mol. The van der Waals surface area contributed by atoms with Crippen molar-refractivity contribution >= 4 is 33.4 Å². The molecule has 11 nitrogen and oxygen atoms in total. The highest BCUT2D eigenvalue weighted by atomic mass is 32.2. The number of nitrogens with two attached hydrogens (primary N) is 1. The highest BCUT2D eigenvalue weighted by molar-refractivity contribution is 7.89. The van der Waals surface area contributed by atoms with Gasteiger partial charge >= 0.3 is 0 Å². The summed E-state index contributed by atoms with van der Waals surface area (Å²) in [6.07, 6.45) is 1.74. The van der Waals surface area contributed by atoms with E-state index in [0.717, 1.165) is 5.56 Å². The van der Waals surface area contributed by atoms with Crippen LogP contribution in [0.3, 0.4) is 0 Å². The van der Waals surface area contributed by atoms with Crippen LogP contribution in [0.1, 0.15) is 15.9 Å². The molecule has 0 fully saturated rings. The number of nitrogens with one attached hydrogen (secondary N) is 3. The van der Waals surface area contributed by atoms with Crippen molar-refractivity contribution in [3.8, 4) is 5.75 Å². The van der Waals surface area contributed by atoms with E-state index in [-0.39, 0.29) is 29.3 Å². The molecule has 0 saturated heterocycles. The van der Waals surface area contributed by atoms with Crippen LogP contribution in [0, 0.1) is 6.92 Å². The van der Waals surface area contributed by atoms with Crippen LogP contribution in [0.25, 0.3) is 0 Å². The molecule has 3 aromatic rings. The summed E-state index contributed by atoms with van der Waals surface area (Å²) in [6, 6.07) is 11.1. The molecule has 0 aliphatic heterocycles. The summed E-state index contributed by atoms with van der Waals surface area (Å²) in [5, 5.41) is 14.1. The van der Waals surface area contributed by atoms with Crippen LogP contribution in [-0.4, -0.2) is 49.7 Å². The van der Waals surface area contributed by atoms with Crippen LogP contribution in [0.15, 0.2) is 53.6 Å². The number of primary amides is 1. The zero-order valence-electron chi connectivity index (χ0n) is 17.5. The number of benzene rings is 1. The van der Waals surface area contributed by atoms with Gasteiger partial charge in [0.2, 0.25) is 10.0 Å². The van der Waals surface area contributed by atoms with Gasteiger partial charge in [0.05, 0.1) is 17.6 Å². The summed E-state index contributed by atoms with van der Waals surface area (Å²) < 4.78 is 32.4. The molecule has 12 heteroatoms. The molecule has 32 heavy (non-hydrogen) atoms. The lowest BCUT2D eigenvalue weighted by Crippen LogP contribution is -2.29. The largest absolute Gasteiger partial charge is 0.496 e. The molecule has 0 atom stereocenters.